The number of amides is 2. The van der Waals surface area contributed by atoms with E-state index in [0.29, 0.717) is 13.1 Å². The van der Waals surface area contributed by atoms with Crippen molar-refractivity contribution in [1.29, 1.82) is 0 Å². The summed E-state index contributed by atoms with van der Waals surface area (Å²) in [6.45, 7) is 8.59. The van der Waals surface area contributed by atoms with E-state index in [-0.39, 0.29) is 36.0 Å². The van der Waals surface area contributed by atoms with Crippen LogP contribution in [0, 0.1) is 0 Å². The lowest BCUT2D eigenvalue weighted by Crippen LogP contribution is -2.37. The molecule has 9 heteroatoms. The van der Waals surface area contributed by atoms with Gasteiger partial charge < -0.3 is 21.3 Å². The molecule has 0 aliphatic heterocycles. The molecule has 0 spiro atoms. The van der Waals surface area contributed by atoms with E-state index < -0.39 is 0 Å². The molecule has 0 unspecified atom stereocenters. The minimum absolute atomic E-state index is 0. The first-order valence-corrected chi connectivity index (χ1v) is 11.3. The van der Waals surface area contributed by atoms with Gasteiger partial charge in [0.2, 0.25) is 0 Å². The molecule has 2 aromatic carbocycles. The Labute approximate surface area is 218 Å². The number of guanidine groups is 1. The van der Waals surface area contributed by atoms with E-state index in [2.05, 4.69) is 38.5 Å². The Hall–Kier alpha value is -3.08. The van der Waals surface area contributed by atoms with E-state index in [0.717, 1.165) is 30.3 Å². The number of nitrogens with one attached hydrogen (secondary N) is 4. The Bertz CT molecular complexity index is 1030. The molecule has 8 nitrogen and oxygen atoms in total. The van der Waals surface area contributed by atoms with Crippen LogP contribution in [-0.2, 0) is 19.6 Å². The van der Waals surface area contributed by atoms with Crippen LogP contribution in [0.25, 0.3) is 0 Å². The molecular formula is C25H34IN7O. The van der Waals surface area contributed by atoms with Gasteiger partial charge in [-0.1, -0.05) is 36.4 Å². The molecule has 34 heavy (non-hydrogen) atoms. The van der Waals surface area contributed by atoms with Crippen LogP contribution < -0.4 is 21.3 Å². The number of carbonyl (C=O) groups is 1. The molecule has 0 saturated heterocycles. The van der Waals surface area contributed by atoms with Gasteiger partial charge in [-0.2, -0.15) is 5.10 Å². The van der Waals surface area contributed by atoms with Gasteiger partial charge in [-0.25, -0.2) is 9.79 Å². The maximum Gasteiger partial charge on any atom is 0.319 e. The first kappa shape index (κ1) is 27.2. The number of anilines is 1. The lowest BCUT2D eigenvalue weighted by Gasteiger charge is -2.14. The summed E-state index contributed by atoms with van der Waals surface area (Å²) in [6, 6.07) is 17.9. The molecule has 0 fully saturated rings. The zero-order valence-corrected chi connectivity index (χ0v) is 22.2. The van der Waals surface area contributed by atoms with Crippen molar-refractivity contribution >= 4 is 41.7 Å². The summed E-state index contributed by atoms with van der Waals surface area (Å²) in [5, 5.41) is 16.7. The third-order valence-corrected chi connectivity index (χ3v) is 4.85. The van der Waals surface area contributed by atoms with Gasteiger partial charge in [-0.05, 0) is 55.7 Å². The predicted octanol–water partition coefficient (Wildman–Crippen LogP) is 4.33. The van der Waals surface area contributed by atoms with Gasteiger partial charge in [0.15, 0.2) is 5.96 Å². The molecule has 1 aromatic heterocycles. The highest BCUT2D eigenvalue weighted by Gasteiger charge is 2.06. The Balaban J connectivity index is 0.00000408. The van der Waals surface area contributed by atoms with Gasteiger partial charge in [-0.3, -0.25) is 4.68 Å². The summed E-state index contributed by atoms with van der Waals surface area (Å²) < 4.78 is 1.92. The number of carbonyl (C=O) groups excluding carboxylic acids is 1. The van der Waals surface area contributed by atoms with Crippen LogP contribution in [0.5, 0.6) is 0 Å². The molecular weight excluding hydrogens is 541 g/mol. The third-order valence-electron chi connectivity index (χ3n) is 4.85. The van der Waals surface area contributed by atoms with E-state index in [9.17, 15) is 4.79 Å². The van der Waals surface area contributed by atoms with Crippen molar-refractivity contribution in [3.63, 3.8) is 0 Å². The summed E-state index contributed by atoms with van der Waals surface area (Å²) in [5.74, 6) is 0.755. The first-order valence-electron chi connectivity index (χ1n) is 11.3. The average molecular weight is 575 g/mol. The van der Waals surface area contributed by atoms with Gasteiger partial charge in [0.25, 0.3) is 0 Å². The SMILES string of the molecule is CCNC(=NCc1ccc(NC(=O)NC(C)C)cc1)NCc1ccccc1Cn1cccn1.I. The smallest absolute Gasteiger partial charge is 0.319 e. The number of aliphatic imine (C=N–C) groups is 1. The second-order valence-electron chi connectivity index (χ2n) is 7.97. The molecule has 182 valence electrons. The van der Waals surface area contributed by atoms with Crippen molar-refractivity contribution in [3.05, 3.63) is 83.7 Å². The lowest BCUT2D eigenvalue weighted by atomic mass is 10.1. The first-order chi connectivity index (χ1) is 16.0. The zero-order chi connectivity index (χ0) is 23.5. The molecule has 0 atom stereocenters. The zero-order valence-electron chi connectivity index (χ0n) is 19.9. The van der Waals surface area contributed by atoms with Crippen molar-refractivity contribution in [2.45, 2.75) is 46.4 Å². The Kier molecular flexibility index (Phi) is 11.4. The number of rotatable bonds is 9. The molecule has 0 aliphatic carbocycles. The quantitative estimate of drug-likeness (QED) is 0.174. The van der Waals surface area contributed by atoms with Crippen LogP contribution in [0.3, 0.4) is 0 Å². The van der Waals surface area contributed by atoms with Crippen LogP contribution in [0.15, 0.2) is 72.0 Å². The highest BCUT2D eigenvalue weighted by Crippen LogP contribution is 2.12. The van der Waals surface area contributed by atoms with Gasteiger partial charge in [0.05, 0.1) is 13.1 Å². The normalized spacial score (nSPS) is 11.0. The summed E-state index contributed by atoms with van der Waals surface area (Å²) >= 11 is 0. The Morgan fingerprint density at radius 1 is 1.03 bits per heavy atom. The van der Waals surface area contributed by atoms with Crippen LogP contribution in [0.4, 0.5) is 10.5 Å². The highest BCUT2D eigenvalue weighted by molar-refractivity contribution is 14.0. The van der Waals surface area contributed by atoms with E-state index >= 15 is 0 Å². The van der Waals surface area contributed by atoms with Gasteiger partial charge in [-0.15, -0.1) is 24.0 Å². The van der Waals surface area contributed by atoms with E-state index in [1.807, 2.05) is 74.1 Å². The van der Waals surface area contributed by atoms with Crippen molar-refractivity contribution in [1.82, 2.24) is 25.7 Å². The molecule has 1 heterocycles. The molecule has 0 saturated carbocycles. The minimum atomic E-state index is -0.206. The maximum atomic E-state index is 11.8. The summed E-state index contributed by atoms with van der Waals surface area (Å²) in [6.07, 6.45) is 3.76. The standard InChI is InChI=1S/C25H33N7O.HI/c1-4-26-24(27-16-20-10-12-23(13-11-20)31-25(33)30-19(2)3)28-17-21-8-5-6-9-22(21)18-32-15-7-14-29-32;/h5-15,19H,4,16-18H2,1-3H3,(H2,26,27,28)(H2,30,31,33);1H. The van der Waals surface area contributed by atoms with Crippen molar-refractivity contribution in [2.24, 2.45) is 4.99 Å². The average Bonchev–Trinajstić information content (AvgIpc) is 3.30. The molecule has 2 amide bonds. The Morgan fingerprint density at radius 2 is 1.76 bits per heavy atom. The van der Waals surface area contributed by atoms with Crippen LogP contribution in [-0.4, -0.2) is 34.4 Å². The number of hydrogen-bond acceptors (Lipinski definition) is 3. The van der Waals surface area contributed by atoms with Crippen LogP contribution >= 0.6 is 24.0 Å². The van der Waals surface area contributed by atoms with E-state index in [1.54, 1.807) is 6.20 Å². The number of hydrogen-bond donors (Lipinski definition) is 4. The molecule has 4 N–H and O–H groups in total. The Morgan fingerprint density at radius 3 is 2.41 bits per heavy atom. The summed E-state index contributed by atoms with van der Waals surface area (Å²) in [7, 11) is 0. The summed E-state index contributed by atoms with van der Waals surface area (Å²) in [5.41, 5.74) is 4.23. The second-order valence-corrected chi connectivity index (χ2v) is 7.97. The highest BCUT2D eigenvalue weighted by atomic mass is 127. The topological polar surface area (TPSA) is 95.4 Å². The largest absolute Gasteiger partial charge is 0.357 e. The molecule has 0 aliphatic rings. The molecule has 3 rings (SSSR count). The molecule has 0 radical (unpaired) electrons. The van der Waals surface area contributed by atoms with Crippen molar-refractivity contribution < 1.29 is 4.79 Å². The lowest BCUT2D eigenvalue weighted by molar-refractivity contribution is 0.250. The fourth-order valence-electron chi connectivity index (χ4n) is 3.27. The predicted molar refractivity (Wildman–Crippen MR) is 149 cm³/mol. The third kappa shape index (κ3) is 9.05. The second kappa shape index (κ2) is 14.2. The summed E-state index contributed by atoms with van der Waals surface area (Å²) in [4.78, 5) is 16.5. The van der Waals surface area contributed by atoms with Crippen LogP contribution in [0.1, 0.15) is 37.5 Å². The fraction of sp³-hybridized carbons (Fsp3) is 0.320. The number of nitrogens with zero attached hydrogens (tertiary/aromatic N) is 3. The van der Waals surface area contributed by atoms with Gasteiger partial charge in [0.1, 0.15) is 0 Å². The molecule has 3 aromatic rings. The van der Waals surface area contributed by atoms with E-state index in [4.69, 9.17) is 4.99 Å². The van der Waals surface area contributed by atoms with Gasteiger partial charge in [0, 0.05) is 37.2 Å². The number of urea groups is 1. The van der Waals surface area contributed by atoms with Crippen LogP contribution in [0.2, 0.25) is 0 Å². The number of aromatic nitrogens is 2. The fourth-order valence-corrected chi connectivity index (χ4v) is 3.27. The van der Waals surface area contributed by atoms with Crippen molar-refractivity contribution in [3.8, 4) is 0 Å². The van der Waals surface area contributed by atoms with Gasteiger partial charge >= 0.3 is 6.03 Å². The molecule has 0 bridgehead atoms. The number of benzene rings is 2. The monoisotopic (exact) mass is 575 g/mol. The maximum absolute atomic E-state index is 11.8. The minimum Gasteiger partial charge on any atom is -0.357 e. The number of halogens is 1. The van der Waals surface area contributed by atoms with E-state index in [1.165, 1.54) is 11.1 Å². The van der Waals surface area contributed by atoms with Crippen molar-refractivity contribution in [2.75, 3.05) is 11.9 Å².